The highest BCUT2D eigenvalue weighted by Crippen LogP contribution is 2.25. The van der Waals surface area contributed by atoms with Crippen LogP contribution in [0.3, 0.4) is 0 Å². The standard InChI is InChI=1S/C15H12/c1-11-6-9-15-13(10-11)8-7-12-4-2-3-5-14(12)15/h2-10H,1H3/i2D,3D,4D,5D,6D,7D,8D,9D,10D. The van der Waals surface area contributed by atoms with Crippen LogP contribution in [0.1, 0.15) is 17.9 Å². The Morgan fingerprint density at radius 1 is 0.800 bits per heavy atom. The lowest BCUT2D eigenvalue weighted by Crippen LogP contribution is -1.78. The van der Waals surface area contributed by atoms with Crippen molar-refractivity contribution in [1.82, 2.24) is 0 Å². The van der Waals surface area contributed by atoms with Crippen LogP contribution in [0, 0.1) is 6.92 Å². The zero-order valence-electron chi connectivity index (χ0n) is 17.0. The Labute approximate surface area is 102 Å². The molecule has 0 unspecified atom stereocenters. The lowest BCUT2D eigenvalue weighted by molar-refractivity contribution is 1.51. The SMILES string of the molecule is [2H]c1c([2H])c([2H])c2c(c1[2H])c([2H])c([2H])c1c([2H])c(C)c([2H])c([2H])c12. The smallest absolute Gasteiger partial charge is 0.0616 e. The zero-order valence-corrected chi connectivity index (χ0v) is 8.00. The maximum Gasteiger partial charge on any atom is 0.0632 e. The van der Waals surface area contributed by atoms with Gasteiger partial charge < -0.3 is 0 Å². The van der Waals surface area contributed by atoms with E-state index in [1.165, 1.54) is 6.92 Å². The minimum Gasteiger partial charge on any atom is -0.0616 e. The summed E-state index contributed by atoms with van der Waals surface area (Å²) in [5, 5.41) is -0.312. The lowest BCUT2D eigenvalue weighted by atomic mass is 10.0. The quantitative estimate of drug-likeness (QED) is 0.476. The highest BCUT2D eigenvalue weighted by molar-refractivity contribution is 6.07. The van der Waals surface area contributed by atoms with Gasteiger partial charge in [0.15, 0.2) is 0 Å². The van der Waals surface area contributed by atoms with Gasteiger partial charge in [0.2, 0.25) is 0 Å². The Morgan fingerprint density at radius 3 is 2.47 bits per heavy atom. The second-order valence-corrected chi connectivity index (χ2v) is 3.25. The molecule has 0 atom stereocenters. The summed E-state index contributed by atoms with van der Waals surface area (Å²) in [6.07, 6.45) is 0. The Kier molecular flexibility index (Phi) is 0.690. The second kappa shape index (κ2) is 3.09. The molecule has 0 heterocycles. The second-order valence-electron chi connectivity index (χ2n) is 3.25. The monoisotopic (exact) mass is 201 g/mol. The van der Waals surface area contributed by atoms with Gasteiger partial charge in [0, 0.05) is 0 Å². The lowest BCUT2D eigenvalue weighted by Gasteiger charge is -2.04. The normalized spacial score (nSPS) is 19.4. The van der Waals surface area contributed by atoms with Crippen LogP contribution in [0.5, 0.6) is 0 Å². The van der Waals surface area contributed by atoms with Crippen LogP contribution in [0.15, 0.2) is 54.4 Å². The van der Waals surface area contributed by atoms with Crippen molar-refractivity contribution in [3.05, 3.63) is 59.9 Å². The molecule has 0 radical (unpaired) electrons. The van der Waals surface area contributed by atoms with Crippen LogP contribution in [0.2, 0.25) is 0 Å². The van der Waals surface area contributed by atoms with Crippen molar-refractivity contribution in [3.8, 4) is 0 Å². The number of benzene rings is 3. The third-order valence-corrected chi connectivity index (χ3v) is 2.19. The molecule has 0 aromatic heterocycles. The van der Waals surface area contributed by atoms with Gasteiger partial charge >= 0.3 is 0 Å². The van der Waals surface area contributed by atoms with E-state index in [0.29, 0.717) is 0 Å². The van der Waals surface area contributed by atoms with E-state index < -0.39 is 30.2 Å². The average Bonchev–Trinajstić information content (AvgIpc) is 2.56. The molecule has 0 amide bonds. The van der Waals surface area contributed by atoms with Crippen molar-refractivity contribution >= 4 is 21.5 Å². The Hall–Kier alpha value is -1.82. The molecule has 0 spiro atoms. The minimum atomic E-state index is -0.518. The fraction of sp³-hybridized carbons (Fsp3) is 0.0667. The molecule has 3 aromatic carbocycles. The van der Waals surface area contributed by atoms with E-state index in [2.05, 4.69) is 0 Å². The third kappa shape index (κ3) is 1.30. The van der Waals surface area contributed by atoms with Gasteiger partial charge in [-0.1, -0.05) is 59.9 Å². The molecule has 0 nitrogen and oxygen atoms in total. The first-order chi connectivity index (χ1) is 11.1. The predicted octanol–water partition coefficient (Wildman–Crippen LogP) is 4.30. The highest BCUT2D eigenvalue weighted by atomic mass is 14.0. The van der Waals surface area contributed by atoms with Crippen molar-refractivity contribution in [2.45, 2.75) is 6.92 Å². The largest absolute Gasteiger partial charge is 0.0632 e. The minimum absolute atomic E-state index is 0.0315. The van der Waals surface area contributed by atoms with E-state index in [-0.39, 0.29) is 51.3 Å². The first-order valence-electron chi connectivity index (χ1n) is 9.00. The van der Waals surface area contributed by atoms with Crippen molar-refractivity contribution in [1.29, 1.82) is 0 Å². The van der Waals surface area contributed by atoms with Gasteiger partial charge in [0.25, 0.3) is 0 Å². The van der Waals surface area contributed by atoms with Gasteiger partial charge in [-0.15, -0.1) is 0 Å². The molecule has 0 heteroatoms. The van der Waals surface area contributed by atoms with Gasteiger partial charge in [0.05, 0.1) is 12.3 Å². The summed E-state index contributed by atoms with van der Waals surface area (Å²) in [5.41, 5.74) is 0.195. The molecule has 0 aliphatic carbocycles. The number of rotatable bonds is 0. The van der Waals surface area contributed by atoms with E-state index in [1.54, 1.807) is 0 Å². The molecule has 0 saturated heterocycles. The number of hydrogen-bond donors (Lipinski definition) is 0. The van der Waals surface area contributed by atoms with Crippen LogP contribution in [-0.2, 0) is 0 Å². The fourth-order valence-electron chi connectivity index (χ4n) is 1.50. The predicted molar refractivity (Wildman–Crippen MR) is 66.2 cm³/mol. The van der Waals surface area contributed by atoms with Gasteiger partial charge in [-0.25, -0.2) is 0 Å². The number of hydrogen-bond acceptors (Lipinski definition) is 0. The van der Waals surface area contributed by atoms with Crippen molar-refractivity contribution in [2.24, 2.45) is 0 Å². The summed E-state index contributed by atoms with van der Waals surface area (Å²) in [4.78, 5) is 0. The Balaban J connectivity index is 2.87. The molecule has 0 bridgehead atoms. The van der Waals surface area contributed by atoms with Crippen LogP contribution >= 0.6 is 0 Å². The first-order valence-corrected chi connectivity index (χ1v) is 4.50. The maximum absolute atomic E-state index is 8.20. The Bertz CT molecular complexity index is 969. The zero-order chi connectivity index (χ0) is 18.1. The van der Waals surface area contributed by atoms with Gasteiger partial charge in [-0.05, 0) is 28.5 Å². The van der Waals surface area contributed by atoms with Crippen molar-refractivity contribution in [2.75, 3.05) is 0 Å². The molecule has 15 heavy (non-hydrogen) atoms. The highest BCUT2D eigenvalue weighted by Gasteiger charge is 1.98. The van der Waals surface area contributed by atoms with Crippen molar-refractivity contribution in [3.63, 3.8) is 0 Å². The summed E-state index contributed by atoms with van der Waals surface area (Å²) in [7, 11) is 0. The molecule has 0 fully saturated rings. The molecule has 0 aliphatic heterocycles. The summed E-state index contributed by atoms with van der Waals surface area (Å²) in [5.74, 6) is 0. The molecule has 0 aliphatic rings. The van der Waals surface area contributed by atoms with E-state index in [0.717, 1.165) is 0 Å². The first kappa shape index (κ1) is 3.34. The molecule has 3 aromatic rings. The van der Waals surface area contributed by atoms with E-state index in [1.807, 2.05) is 0 Å². The summed E-state index contributed by atoms with van der Waals surface area (Å²) >= 11 is 0. The topological polar surface area (TPSA) is 0 Å². The van der Waals surface area contributed by atoms with Crippen LogP contribution in [0.25, 0.3) is 21.5 Å². The molecule has 0 N–H and O–H groups in total. The molecule has 3 rings (SSSR count). The van der Waals surface area contributed by atoms with E-state index in [9.17, 15) is 0 Å². The van der Waals surface area contributed by atoms with Crippen molar-refractivity contribution < 1.29 is 12.3 Å². The van der Waals surface area contributed by atoms with Gasteiger partial charge in [0.1, 0.15) is 0 Å². The molecule has 72 valence electrons. The fourth-order valence-corrected chi connectivity index (χ4v) is 1.50. The molecular weight excluding hydrogens is 180 g/mol. The van der Waals surface area contributed by atoms with Gasteiger partial charge in [-0.2, -0.15) is 0 Å². The third-order valence-electron chi connectivity index (χ3n) is 2.19. The summed E-state index contributed by atoms with van der Waals surface area (Å²) in [6, 6.07) is -3.39. The Morgan fingerprint density at radius 2 is 1.53 bits per heavy atom. The molecular formula is C15H12. The summed E-state index contributed by atoms with van der Waals surface area (Å²) in [6.45, 7) is 1.48. The number of fused-ring (bicyclic) bond motifs is 3. The van der Waals surface area contributed by atoms with Crippen LogP contribution in [0.4, 0.5) is 0 Å². The van der Waals surface area contributed by atoms with Crippen LogP contribution in [-0.4, -0.2) is 0 Å². The molecule has 0 saturated carbocycles. The van der Waals surface area contributed by atoms with Crippen LogP contribution < -0.4 is 0 Å². The van der Waals surface area contributed by atoms with E-state index >= 15 is 0 Å². The average molecular weight is 201 g/mol. The maximum atomic E-state index is 8.20. The van der Waals surface area contributed by atoms with E-state index in [4.69, 9.17) is 12.3 Å². The van der Waals surface area contributed by atoms with Gasteiger partial charge in [-0.3, -0.25) is 0 Å². The summed E-state index contributed by atoms with van der Waals surface area (Å²) < 4.78 is 72.4.